The summed E-state index contributed by atoms with van der Waals surface area (Å²) in [4.78, 5) is 15.0. The monoisotopic (exact) mass is 396 g/mol. The third-order valence-electron chi connectivity index (χ3n) is 5.76. The highest BCUT2D eigenvalue weighted by atomic mass is 16.5. The van der Waals surface area contributed by atoms with Crippen LogP contribution in [-0.2, 0) is 16.0 Å². The van der Waals surface area contributed by atoms with Crippen LogP contribution in [0, 0.1) is 20.8 Å². The van der Waals surface area contributed by atoms with Crippen molar-refractivity contribution in [1.82, 2.24) is 10.2 Å². The average molecular weight is 396 g/mol. The molecule has 2 aromatic heterocycles. The molecule has 6 nitrogen and oxygen atoms in total. The molecule has 0 bridgehead atoms. The van der Waals surface area contributed by atoms with Crippen LogP contribution in [0.15, 0.2) is 39.4 Å². The van der Waals surface area contributed by atoms with Gasteiger partial charge in [-0.25, -0.2) is 0 Å². The van der Waals surface area contributed by atoms with Crippen molar-refractivity contribution in [3.63, 3.8) is 0 Å². The minimum atomic E-state index is -0.0209. The average Bonchev–Trinajstić information content (AvgIpc) is 3.33. The lowest BCUT2D eigenvalue weighted by atomic mass is 10.0. The number of carbonyl (C=O) groups excluding carboxylic acids is 1. The van der Waals surface area contributed by atoms with E-state index in [1.807, 2.05) is 32.0 Å². The maximum Gasteiger partial charge on any atom is 0.224 e. The van der Waals surface area contributed by atoms with E-state index in [1.54, 1.807) is 6.26 Å². The number of furan rings is 2. The van der Waals surface area contributed by atoms with Gasteiger partial charge in [0.15, 0.2) is 0 Å². The number of carbonyl (C=O) groups is 1. The zero-order valence-electron chi connectivity index (χ0n) is 17.3. The van der Waals surface area contributed by atoms with Gasteiger partial charge >= 0.3 is 0 Å². The molecule has 3 aromatic rings. The Bertz CT molecular complexity index is 998. The molecule has 29 heavy (non-hydrogen) atoms. The molecule has 1 amide bonds. The number of morpholine rings is 1. The lowest BCUT2D eigenvalue weighted by Crippen LogP contribution is -2.43. The molecule has 1 aromatic carbocycles. The first kappa shape index (κ1) is 19.7. The Morgan fingerprint density at radius 3 is 2.66 bits per heavy atom. The highest BCUT2D eigenvalue weighted by molar-refractivity contribution is 5.89. The van der Waals surface area contributed by atoms with Gasteiger partial charge in [0.05, 0.1) is 31.9 Å². The predicted molar refractivity (Wildman–Crippen MR) is 111 cm³/mol. The SMILES string of the molecule is Cc1ccc([C@H](CNC(=O)Cc2coc3c(C)c(C)ccc23)N2CCOCC2)o1. The van der Waals surface area contributed by atoms with Crippen LogP contribution < -0.4 is 5.32 Å². The molecule has 4 rings (SSSR count). The van der Waals surface area contributed by atoms with Gasteiger partial charge in [0.25, 0.3) is 0 Å². The van der Waals surface area contributed by atoms with E-state index in [1.165, 1.54) is 5.56 Å². The highest BCUT2D eigenvalue weighted by Gasteiger charge is 2.26. The molecule has 0 radical (unpaired) electrons. The van der Waals surface area contributed by atoms with E-state index >= 15 is 0 Å². The first-order valence-electron chi connectivity index (χ1n) is 10.1. The fourth-order valence-corrected chi connectivity index (χ4v) is 3.90. The molecule has 0 saturated carbocycles. The number of hydrogen-bond donors (Lipinski definition) is 1. The van der Waals surface area contributed by atoms with Crippen LogP contribution in [0.25, 0.3) is 11.0 Å². The zero-order chi connectivity index (χ0) is 20.4. The number of hydrogen-bond acceptors (Lipinski definition) is 5. The molecule has 3 heterocycles. The number of benzene rings is 1. The Morgan fingerprint density at radius 1 is 1.14 bits per heavy atom. The molecular formula is C23H28N2O4. The second-order valence-corrected chi connectivity index (χ2v) is 7.74. The second kappa shape index (κ2) is 8.43. The van der Waals surface area contributed by atoms with Gasteiger partial charge in [0.1, 0.15) is 17.1 Å². The smallest absolute Gasteiger partial charge is 0.224 e. The van der Waals surface area contributed by atoms with Gasteiger partial charge in [-0.2, -0.15) is 0 Å². The van der Waals surface area contributed by atoms with Crippen LogP contribution in [0.5, 0.6) is 0 Å². The largest absolute Gasteiger partial charge is 0.465 e. The Morgan fingerprint density at radius 2 is 1.93 bits per heavy atom. The molecule has 0 spiro atoms. The summed E-state index contributed by atoms with van der Waals surface area (Å²) >= 11 is 0. The standard InChI is InChI=1S/C23H28N2O4/c1-15-4-6-19-18(14-28-23(19)17(15)3)12-22(26)24-13-20(21-7-5-16(2)29-21)25-8-10-27-11-9-25/h4-7,14,20H,8-13H2,1-3H3,(H,24,26)/t20-/m0/s1. The number of nitrogens with zero attached hydrogens (tertiary/aromatic N) is 1. The van der Waals surface area contributed by atoms with E-state index in [-0.39, 0.29) is 11.9 Å². The van der Waals surface area contributed by atoms with Crippen molar-refractivity contribution in [2.24, 2.45) is 0 Å². The lowest BCUT2D eigenvalue weighted by molar-refractivity contribution is -0.120. The molecule has 6 heteroatoms. The highest BCUT2D eigenvalue weighted by Crippen LogP contribution is 2.27. The Labute approximate surface area is 170 Å². The van der Waals surface area contributed by atoms with Crippen LogP contribution in [0.1, 0.15) is 34.3 Å². The number of amides is 1. The van der Waals surface area contributed by atoms with Crippen LogP contribution in [0.4, 0.5) is 0 Å². The van der Waals surface area contributed by atoms with Crippen molar-refractivity contribution >= 4 is 16.9 Å². The summed E-state index contributed by atoms with van der Waals surface area (Å²) in [5, 5.41) is 4.10. The van der Waals surface area contributed by atoms with E-state index in [0.717, 1.165) is 46.7 Å². The molecule has 0 unspecified atom stereocenters. The minimum Gasteiger partial charge on any atom is -0.465 e. The van der Waals surface area contributed by atoms with Crippen molar-refractivity contribution in [2.75, 3.05) is 32.8 Å². The Hall–Kier alpha value is -2.57. The van der Waals surface area contributed by atoms with Crippen LogP contribution >= 0.6 is 0 Å². The predicted octanol–water partition coefficient (Wildman–Crippen LogP) is 3.68. The fraction of sp³-hybridized carbons (Fsp3) is 0.435. The Balaban J connectivity index is 1.45. The van der Waals surface area contributed by atoms with E-state index in [9.17, 15) is 4.79 Å². The molecule has 0 aliphatic carbocycles. The summed E-state index contributed by atoms with van der Waals surface area (Å²) in [6.07, 6.45) is 1.99. The minimum absolute atomic E-state index is 0.00235. The van der Waals surface area contributed by atoms with E-state index in [4.69, 9.17) is 13.6 Å². The van der Waals surface area contributed by atoms with E-state index in [0.29, 0.717) is 26.2 Å². The summed E-state index contributed by atoms with van der Waals surface area (Å²) < 4.78 is 17.1. The first-order valence-corrected chi connectivity index (χ1v) is 10.1. The number of ether oxygens (including phenoxy) is 1. The molecule has 1 saturated heterocycles. The molecule has 1 atom stereocenters. The maximum absolute atomic E-state index is 12.7. The summed E-state index contributed by atoms with van der Waals surface area (Å²) in [5.41, 5.74) is 4.09. The summed E-state index contributed by atoms with van der Waals surface area (Å²) in [5.74, 6) is 1.73. The van der Waals surface area contributed by atoms with Crippen molar-refractivity contribution in [2.45, 2.75) is 33.2 Å². The Kier molecular flexibility index (Phi) is 5.74. The van der Waals surface area contributed by atoms with E-state index in [2.05, 4.69) is 23.2 Å². The summed E-state index contributed by atoms with van der Waals surface area (Å²) in [6, 6.07) is 8.07. The molecular weight excluding hydrogens is 368 g/mol. The van der Waals surface area contributed by atoms with Crippen LogP contribution in [0.3, 0.4) is 0 Å². The second-order valence-electron chi connectivity index (χ2n) is 7.74. The summed E-state index contributed by atoms with van der Waals surface area (Å²) in [6.45, 7) is 9.59. The molecule has 1 aliphatic rings. The molecule has 154 valence electrons. The van der Waals surface area contributed by atoms with Crippen molar-refractivity contribution in [3.05, 3.63) is 58.7 Å². The normalized spacial score (nSPS) is 16.2. The fourth-order valence-electron chi connectivity index (χ4n) is 3.90. The van der Waals surface area contributed by atoms with Gasteiger partial charge in [-0.3, -0.25) is 9.69 Å². The van der Waals surface area contributed by atoms with Crippen LogP contribution in [0.2, 0.25) is 0 Å². The molecule has 1 fully saturated rings. The quantitative estimate of drug-likeness (QED) is 0.688. The molecule has 1 N–H and O–H groups in total. The first-order chi connectivity index (χ1) is 14.0. The third kappa shape index (κ3) is 4.23. The number of fused-ring (bicyclic) bond motifs is 1. The van der Waals surface area contributed by atoms with Gasteiger partial charge in [-0.05, 0) is 44.0 Å². The van der Waals surface area contributed by atoms with Crippen molar-refractivity contribution in [1.29, 1.82) is 0 Å². The number of aryl methyl sites for hydroxylation is 3. The molecule has 1 aliphatic heterocycles. The van der Waals surface area contributed by atoms with Gasteiger partial charge in [-0.1, -0.05) is 12.1 Å². The summed E-state index contributed by atoms with van der Waals surface area (Å²) in [7, 11) is 0. The van der Waals surface area contributed by atoms with Gasteiger partial charge in [0.2, 0.25) is 5.91 Å². The van der Waals surface area contributed by atoms with Gasteiger partial charge in [0, 0.05) is 30.6 Å². The number of nitrogens with one attached hydrogen (secondary N) is 1. The van der Waals surface area contributed by atoms with Gasteiger partial charge < -0.3 is 18.9 Å². The van der Waals surface area contributed by atoms with Crippen molar-refractivity contribution in [3.8, 4) is 0 Å². The van der Waals surface area contributed by atoms with Crippen molar-refractivity contribution < 1.29 is 18.4 Å². The zero-order valence-corrected chi connectivity index (χ0v) is 17.3. The topological polar surface area (TPSA) is 67.9 Å². The lowest BCUT2D eigenvalue weighted by Gasteiger charge is -2.33. The van der Waals surface area contributed by atoms with E-state index < -0.39 is 0 Å². The van der Waals surface area contributed by atoms with Gasteiger partial charge in [-0.15, -0.1) is 0 Å². The van der Waals surface area contributed by atoms with Crippen LogP contribution in [-0.4, -0.2) is 43.7 Å². The maximum atomic E-state index is 12.7. The number of rotatable bonds is 6. The third-order valence-corrected chi connectivity index (χ3v) is 5.76.